The van der Waals surface area contributed by atoms with Gasteiger partial charge >= 0.3 is 0 Å². The van der Waals surface area contributed by atoms with E-state index in [1.165, 1.54) is 24.1 Å². The first-order valence-electron chi connectivity index (χ1n) is 7.74. The lowest BCUT2D eigenvalue weighted by Crippen LogP contribution is -2.53. The van der Waals surface area contributed by atoms with Crippen molar-refractivity contribution < 1.29 is 23.9 Å². The maximum absolute atomic E-state index is 12.7. The molecule has 1 atom stereocenters. The average molecular weight is 342 g/mol. The van der Waals surface area contributed by atoms with Crippen LogP contribution in [0.15, 0.2) is 18.2 Å². The van der Waals surface area contributed by atoms with Crippen molar-refractivity contribution in [3.8, 4) is 18.1 Å². The molecule has 7 nitrogen and oxygen atoms in total. The highest BCUT2D eigenvalue weighted by molar-refractivity contribution is 6.06. The standard InChI is InChI=1S/C18H18N2O5/c1-3-4-9-25-13-6-5-12(11-21)14(10-13)18(24)20(2)15-7-8-16(22)19-17(15)23/h1,5-6,10-11,15H,4,7-9H2,2H3,(H,19,22,23). The van der Waals surface area contributed by atoms with E-state index in [0.717, 1.165) is 0 Å². The van der Waals surface area contributed by atoms with E-state index in [1.807, 2.05) is 0 Å². The Labute approximate surface area is 145 Å². The Bertz CT molecular complexity index is 750. The number of imide groups is 1. The van der Waals surface area contributed by atoms with Gasteiger partial charge in [0.1, 0.15) is 11.8 Å². The molecular formula is C18H18N2O5. The van der Waals surface area contributed by atoms with Crippen molar-refractivity contribution in [2.75, 3.05) is 13.7 Å². The summed E-state index contributed by atoms with van der Waals surface area (Å²) in [6.45, 7) is 0.285. The lowest BCUT2D eigenvalue weighted by molar-refractivity contribution is -0.136. The second-order valence-electron chi connectivity index (χ2n) is 5.55. The van der Waals surface area contributed by atoms with Crippen LogP contribution in [0, 0.1) is 12.3 Å². The minimum Gasteiger partial charge on any atom is -0.493 e. The number of aldehydes is 1. The minimum absolute atomic E-state index is 0.125. The van der Waals surface area contributed by atoms with E-state index in [-0.39, 0.29) is 36.5 Å². The van der Waals surface area contributed by atoms with Crippen LogP contribution in [0.3, 0.4) is 0 Å². The first-order chi connectivity index (χ1) is 12.0. The molecule has 1 heterocycles. The van der Waals surface area contributed by atoms with Crippen molar-refractivity contribution in [1.82, 2.24) is 10.2 Å². The summed E-state index contributed by atoms with van der Waals surface area (Å²) < 4.78 is 5.44. The summed E-state index contributed by atoms with van der Waals surface area (Å²) in [6.07, 6.45) is 6.53. The number of likely N-dealkylation sites (N-methyl/N-ethyl adjacent to an activating group) is 1. The number of hydrogen-bond donors (Lipinski definition) is 1. The van der Waals surface area contributed by atoms with Crippen LogP contribution in [0.2, 0.25) is 0 Å². The third-order valence-corrected chi connectivity index (χ3v) is 3.90. The van der Waals surface area contributed by atoms with Crippen molar-refractivity contribution in [2.24, 2.45) is 0 Å². The third-order valence-electron chi connectivity index (χ3n) is 3.90. The molecule has 0 saturated carbocycles. The van der Waals surface area contributed by atoms with Gasteiger partial charge in [0.2, 0.25) is 11.8 Å². The van der Waals surface area contributed by atoms with E-state index in [2.05, 4.69) is 11.2 Å². The number of carbonyl (C=O) groups is 4. The second kappa shape index (κ2) is 8.11. The molecule has 0 spiro atoms. The van der Waals surface area contributed by atoms with E-state index >= 15 is 0 Å². The molecule has 25 heavy (non-hydrogen) atoms. The Balaban J connectivity index is 2.22. The van der Waals surface area contributed by atoms with Crippen molar-refractivity contribution in [3.05, 3.63) is 29.3 Å². The van der Waals surface area contributed by atoms with Crippen LogP contribution in [-0.4, -0.2) is 48.6 Å². The van der Waals surface area contributed by atoms with Gasteiger partial charge in [0.15, 0.2) is 6.29 Å². The number of carbonyl (C=O) groups excluding carboxylic acids is 4. The lowest BCUT2D eigenvalue weighted by atomic mass is 10.0. The molecule has 1 N–H and O–H groups in total. The molecule has 1 aromatic rings. The number of nitrogens with one attached hydrogen (secondary N) is 1. The Kier molecular flexibility index (Phi) is 5.90. The zero-order valence-corrected chi connectivity index (χ0v) is 13.8. The first kappa shape index (κ1) is 18.2. The number of benzene rings is 1. The summed E-state index contributed by atoms with van der Waals surface area (Å²) in [5.74, 6) is 1.45. The predicted molar refractivity (Wildman–Crippen MR) is 89.0 cm³/mol. The van der Waals surface area contributed by atoms with Gasteiger partial charge in [0, 0.05) is 25.5 Å². The molecule has 7 heteroatoms. The molecule has 3 amide bonds. The monoisotopic (exact) mass is 342 g/mol. The fourth-order valence-corrected chi connectivity index (χ4v) is 2.52. The van der Waals surface area contributed by atoms with Crippen molar-refractivity contribution in [1.29, 1.82) is 0 Å². The van der Waals surface area contributed by atoms with Gasteiger partial charge in [-0.25, -0.2) is 0 Å². The summed E-state index contributed by atoms with van der Waals surface area (Å²) in [4.78, 5) is 48.4. The summed E-state index contributed by atoms with van der Waals surface area (Å²) in [6, 6.07) is 3.73. The average Bonchev–Trinajstić information content (AvgIpc) is 2.60. The number of nitrogens with zero attached hydrogens (tertiary/aromatic N) is 1. The third kappa shape index (κ3) is 4.23. The van der Waals surface area contributed by atoms with Crippen molar-refractivity contribution in [2.45, 2.75) is 25.3 Å². The van der Waals surface area contributed by atoms with Gasteiger partial charge in [-0.1, -0.05) is 0 Å². The van der Waals surface area contributed by atoms with Crippen molar-refractivity contribution in [3.63, 3.8) is 0 Å². The van der Waals surface area contributed by atoms with E-state index < -0.39 is 17.9 Å². The molecule has 0 bridgehead atoms. The largest absolute Gasteiger partial charge is 0.493 e. The highest BCUT2D eigenvalue weighted by Crippen LogP contribution is 2.21. The summed E-state index contributed by atoms with van der Waals surface area (Å²) in [5.41, 5.74) is 0.314. The molecule has 130 valence electrons. The smallest absolute Gasteiger partial charge is 0.255 e. The Morgan fingerprint density at radius 2 is 2.24 bits per heavy atom. The highest BCUT2D eigenvalue weighted by Gasteiger charge is 2.33. The molecule has 1 fully saturated rings. The number of piperidine rings is 1. The van der Waals surface area contributed by atoms with E-state index in [9.17, 15) is 19.2 Å². The van der Waals surface area contributed by atoms with Gasteiger partial charge in [-0.15, -0.1) is 12.3 Å². The summed E-state index contributed by atoms with van der Waals surface area (Å²) >= 11 is 0. The molecular weight excluding hydrogens is 324 g/mol. The SMILES string of the molecule is C#CCCOc1ccc(C=O)c(C(=O)N(C)C2CCC(=O)NC2=O)c1. The molecule has 1 aliphatic heterocycles. The topological polar surface area (TPSA) is 92.8 Å². The van der Waals surface area contributed by atoms with E-state index in [1.54, 1.807) is 6.07 Å². The summed E-state index contributed by atoms with van der Waals surface area (Å²) in [7, 11) is 1.46. The number of hydrogen-bond acceptors (Lipinski definition) is 5. The number of rotatable bonds is 6. The molecule has 0 radical (unpaired) electrons. The van der Waals surface area contributed by atoms with Crippen LogP contribution >= 0.6 is 0 Å². The normalized spacial score (nSPS) is 16.6. The molecule has 0 aliphatic carbocycles. The van der Waals surface area contributed by atoms with Crippen molar-refractivity contribution >= 4 is 24.0 Å². The maximum Gasteiger partial charge on any atom is 0.255 e. The second-order valence-corrected chi connectivity index (χ2v) is 5.55. The Morgan fingerprint density at radius 1 is 1.48 bits per heavy atom. The van der Waals surface area contributed by atoms with E-state index in [4.69, 9.17) is 11.2 Å². The molecule has 1 aromatic carbocycles. The number of ether oxygens (including phenoxy) is 1. The number of amides is 3. The lowest BCUT2D eigenvalue weighted by Gasteiger charge is -2.30. The highest BCUT2D eigenvalue weighted by atomic mass is 16.5. The fraction of sp³-hybridized carbons (Fsp3) is 0.333. The van der Waals surface area contributed by atoms with Crippen LogP contribution in [0.5, 0.6) is 5.75 Å². The Hall–Kier alpha value is -3.14. The number of terminal acetylenes is 1. The van der Waals surface area contributed by atoms with Gasteiger partial charge in [-0.2, -0.15) is 0 Å². The van der Waals surface area contributed by atoms with Crippen LogP contribution in [0.1, 0.15) is 40.0 Å². The summed E-state index contributed by atoms with van der Waals surface area (Å²) in [5, 5.41) is 2.21. The Morgan fingerprint density at radius 3 is 2.88 bits per heavy atom. The molecule has 1 unspecified atom stereocenters. The van der Waals surface area contributed by atoms with Gasteiger partial charge in [0.25, 0.3) is 5.91 Å². The fourth-order valence-electron chi connectivity index (χ4n) is 2.52. The first-order valence-corrected chi connectivity index (χ1v) is 7.74. The van der Waals surface area contributed by atoms with Crippen LogP contribution in [0.4, 0.5) is 0 Å². The molecule has 0 aromatic heterocycles. The zero-order chi connectivity index (χ0) is 18.4. The molecule has 1 saturated heterocycles. The molecule has 1 aliphatic rings. The van der Waals surface area contributed by atoms with Gasteiger partial charge in [0.05, 0.1) is 12.2 Å². The van der Waals surface area contributed by atoms with Gasteiger partial charge in [-0.3, -0.25) is 24.5 Å². The predicted octanol–water partition coefficient (Wildman–Crippen LogP) is 0.778. The minimum atomic E-state index is -0.768. The maximum atomic E-state index is 12.7. The van der Waals surface area contributed by atoms with Crippen LogP contribution in [0.25, 0.3) is 0 Å². The molecule has 2 rings (SSSR count). The van der Waals surface area contributed by atoms with Crippen LogP contribution < -0.4 is 10.1 Å². The quantitative estimate of drug-likeness (QED) is 0.357. The van der Waals surface area contributed by atoms with E-state index in [0.29, 0.717) is 18.5 Å². The zero-order valence-electron chi connectivity index (χ0n) is 13.8. The van der Waals surface area contributed by atoms with Gasteiger partial charge < -0.3 is 9.64 Å². The van der Waals surface area contributed by atoms with Gasteiger partial charge in [-0.05, 0) is 24.6 Å². The van der Waals surface area contributed by atoms with Crippen LogP contribution in [-0.2, 0) is 9.59 Å².